The van der Waals surface area contributed by atoms with Crippen molar-refractivity contribution in [1.29, 1.82) is 0 Å². The summed E-state index contributed by atoms with van der Waals surface area (Å²) < 4.78 is 19.1. The van der Waals surface area contributed by atoms with Crippen LogP contribution in [0.1, 0.15) is 20.3 Å². The van der Waals surface area contributed by atoms with Gasteiger partial charge in [0.15, 0.2) is 5.78 Å². The molecule has 3 atom stereocenters. The lowest BCUT2D eigenvalue weighted by Gasteiger charge is -2.25. The van der Waals surface area contributed by atoms with Crippen LogP contribution >= 0.6 is 7.37 Å². The number of carbonyl (C=O) groups is 5. The standard InChI is InChI=1S/C33H34N3O8P/c1-20(2)30(36-33(42)32(41)34-25-16-8-12-21-10-4-6-14-23(21)25)31(40)35-26(18-29(38)39)27(37)19-44-45(3,43)28-17-9-13-22-11-5-7-15-24(22)28/h4-17,20,26,30H,18-19H2,1-3H3,(H,34,41)(H,35,40)(H,36,42)(H,38,39)/t26-,30-,45?/m0/s1. The van der Waals surface area contributed by atoms with Crippen molar-refractivity contribution < 1.29 is 38.2 Å². The van der Waals surface area contributed by atoms with Crippen LogP contribution in [0.3, 0.4) is 0 Å². The Balaban J connectivity index is 1.43. The number of aliphatic carboxylic acids is 1. The average Bonchev–Trinajstić information content (AvgIpc) is 3.01. The SMILES string of the molecule is CC(C)[C@H](NC(=O)C(=O)Nc1cccc2ccccc12)C(=O)N[C@@H](CC(=O)O)C(=O)COP(C)(=O)c1cccc2ccccc12. The first-order valence-electron chi connectivity index (χ1n) is 14.2. The zero-order chi connectivity index (χ0) is 32.7. The minimum absolute atomic E-state index is 0.400. The molecular formula is C33H34N3O8P. The highest BCUT2D eigenvalue weighted by molar-refractivity contribution is 7.66. The Morgan fingerprint density at radius 3 is 2.00 bits per heavy atom. The van der Waals surface area contributed by atoms with E-state index in [2.05, 4.69) is 16.0 Å². The second-order valence-corrected chi connectivity index (χ2v) is 13.4. The lowest BCUT2D eigenvalue weighted by molar-refractivity contribution is -0.141. The molecule has 0 bridgehead atoms. The summed E-state index contributed by atoms with van der Waals surface area (Å²) in [6.45, 7) is 3.85. The summed E-state index contributed by atoms with van der Waals surface area (Å²) in [5.41, 5.74) is 0.405. The molecule has 0 saturated carbocycles. The first-order chi connectivity index (χ1) is 21.4. The van der Waals surface area contributed by atoms with Gasteiger partial charge in [-0.1, -0.05) is 86.6 Å². The maximum Gasteiger partial charge on any atom is 0.313 e. The summed E-state index contributed by atoms with van der Waals surface area (Å²) >= 11 is 0. The Hall–Kier alpha value is -4.86. The van der Waals surface area contributed by atoms with Crippen molar-refractivity contribution >= 4 is 69.4 Å². The second kappa shape index (κ2) is 14.3. The van der Waals surface area contributed by atoms with Crippen molar-refractivity contribution in [2.24, 2.45) is 5.92 Å². The van der Waals surface area contributed by atoms with Crippen LogP contribution in [-0.4, -0.2) is 59.9 Å². The van der Waals surface area contributed by atoms with Crippen LogP contribution in [0.4, 0.5) is 5.69 Å². The molecule has 0 aliphatic carbocycles. The van der Waals surface area contributed by atoms with Gasteiger partial charge in [0.2, 0.25) is 13.3 Å². The minimum Gasteiger partial charge on any atom is -0.481 e. The Morgan fingerprint density at radius 1 is 0.778 bits per heavy atom. The number of carbonyl (C=O) groups excluding carboxylic acids is 4. The third kappa shape index (κ3) is 8.20. The smallest absolute Gasteiger partial charge is 0.313 e. The number of carboxylic acids is 1. The van der Waals surface area contributed by atoms with E-state index in [1.54, 1.807) is 62.4 Å². The van der Waals surface area contributed by atoms with E-state index in [0.29, 0.717) is 21.8 Å². The number of ketones is 1. The summed E-state index contributed by atoms with van der Waals surface area (Å²) in [7, 11) is -3.54. The number of hydrogen-bond donors (Lipinski definition) is 4. The van der Waals surface area contributed by atoms with Gasteiger partial charge < -0.3 is 25.6 Å². The minimum atomic E-state index is -3.54. The van der Waals surface area contributed by atoms with E-state index in [4.69, 9.17) is 4.52 Å². The molecule has 0 heterocycles. The largest absolute Gasteiger partial charge is 0.481 e. The number of rotatable bonds is 12. The number of anilines is 1. The molecule has 12 heteroatoms. The van der Waals surface area contributed by atoms with E-state index < -0.39 is 67.9 Å². The van der Waals surface area contributed by atoms with Gasteiger partial charge in [-0.3, -0.25) is 28.5 Å². The van der Waals surface area contributed by atoms with Crippen LogP contribution < -0.4 is 21.3 Å². The molecular weight excluding hydrogens is 597 g/mol. The van der Waals surface area contributed by atoms with Gasteiger partial charge >= 0.3 is 17.8 Å². The van der Waals surface area contributed by atoms with E-state index in [9.17, 15) is 33.6 Å². The first kappa shape index (κ1) is 33.0. The Kier molecular flexibility index (Phi) is 10.5. The molecule has 45 heavy (non-hydrogen) atoms. The van der Waals surface area contributed by atoms with Gasteiger partial charge in [-0.05, 0) is 34.2 Å². The fourth-order valence-electron chi connectivity index (χ4n) is 4.86. The number of fused-ring (bicyclic) bond motifs is 2. The second-order valence-electron chi connectivity index (χ2n) is 10.9. The Bertz CT molecular complexity index is 1810. The molecule has 0 aliphatic heterocycles. The van der Waals surface area contributed by atoms with E-state index in [-0.39, 0.29) is 0 Å². The molecule has 0 spiro atoms. The molecule has 4 N–H and O–H groups in total. The summed E-state index contributed by atoms with van der Waals surface area (Å²) in [5, 5.41) is 20.2. The van der Waals surface area contributed by atoms with Crippen molar-refractivity contribution in [3.8, 4) is 0 Å². The zero-order valence-electron chi connectivity index (χ0n) is 25.0. The summed E-state index contributed by atoms with van der Waals surface area (Å²) in [4.78, 5) is 63.5. The molecule has 4 aromatic carbocycles. The predicted octanol–water partition coefficient (Wildman–Crippen LogP) is 3.85. The van der Waals surface area contributed by atoms with Gasteiger partial charge in [0.25, 0.3) is 0 Å². The van der Waals surface area contributed by atoms with Gasteiger partial charge in [-0.25, -0.2) is 0 Å². The Morgan fingerprint density at radius 2 is 1.36 bits per heavy atom. The number of benzene rings is 4. The van der Waals surface area contributed by atoms with Crippen LogP contribution in [0.2, 0.25) is 0 Å². The first-order valence-corrected chi connectivity index (χ1v) is 16.3. The lowest BCUT2D eigenvalue weighted by Crippen LogP contribution is -2.56. The van der Waals surface area contributed by atoms with Crippen molar-refractivity contribution in [3.63, 3.8) is 0 Å². The van der Waals surface area contributed by atoms with E-state index in [1.165, 1.54) is 6.66 Å². The van der Waals surface area contributed by atoms with Crippen molar-refractivity contribution in [1.82, 2.24) is 10.6 Å². The molecule has 0 fully saturated rings. The number of amides is 3. The van der Waals surface area contributed by atoms with Gasteiger partial charge in [0.1, 0.15) is 18.7 Å². The van der Waals surface area contributed by atoms with Crippen molar-refractivity contribution in [2.75, 3.05) is 18.6 Å². The van der Waals surface area contributed by atoms with Crippen LogP contribution in [0.5, 0.6) is 0 Å². The molecule has 4 rings (SSSR count). The molecule has 0 radical (unpaired) electrons. The quantitative estimate of drug-likeness (QED) is 0.135. The molecule has 1 unspecified atom stereocenters. The van der Waals surface area contributed by atoms with E-state index in [1.807, 2.05) is 36.4 Å². The maximum absolute atomic E-state index is 13.5. The molecule has 0 aliphatic rings. The van der Waals surface area contributed by atoms with Crippen LogP contribution in [0, 0.1) is 5.92 Å². The van der Waals surface area contributed by atoms with E-state index >= 15 is 0 Å². The fraction of sp³-hybridized carbons (Fsp3) is 0.242. The van der Waals surface area contributed by atoms with Gasteiger partial charge in [0.05, 0.1) is 6.42 Å². The molecule has 11 nitrogen and oxygen atoms in total. The third-order valence-corrected chi connectivity index (χ3v) is 9.11. The van der Waals surface area contributed by atoms with Gasteiger partial charge in [-0.15, -0.1) is 0 Å². The number of Topliss-reactive ketones (excluding diaryl/α,β-unsaturated/α-hetero) is 1. The summed E-state index contributed by atoms with van der Waals surface area (Å²) in [5.74, 6) is -5.72. The molecule has 4 aromatic rings. The van der Waals surface area contributed by atoms with Crippen LogP contribution in [-0.2, 0) is 33.1 Å². The average molecular weight is 632 g/mol. The monoisotopic (exact) mass is 631 g/mol. The van der Waals surface area contributed by atoms with Gasteiger partial charge in [0, 0.05) is 23.0 Å². The highest BCUT2D eigenvalue weighted by atomic mass is 31.2. The highest BCUT2D eigenvalue weighted by Crippen LogP contribution is 2.43. The summed E-state index contributed by atoms with van der Waals surface area (Å²) in [6.07, 6.45) is -0.781. The Labute approximate surface area is 259 Å². The maximum atomic E-state index is 13.5. The summed E-state index contributed by atoms with van der Waals surface area (Å²) in [6, 6.07) is 22.1. The molecule has 0 saturated heterocycles. The fourth-order valence-corrected chi connectivity index (χ4v) is 6.37. The molecule has 3 amide bonds. The van der Waals surface area contributed by atoms with Crippen LogP contribution in [0.25, 0.3) is 21.5 Å². The van der Waals surface area contributed by atoms with Crippen molar-refractivity contribution in [2.45, 2.75) is 32.4 Å². The highest BCUT2D eigenvalue weighted by Gasteiger charge is 2.33. The number of hydrogen-bond acceptors (Lipinski definition) is 7. The normalized spacial score (nSPS) is 13.9. The zero-order valence-corrected chi connectivity index (χ0v) is 25.9. The third-order valence-electron chi connectivity index (χ3n) is 7.22. The van der Waals surface area contributed by atoms with Crippen LogP contribution in [0.15, 0.2) is 84.9 Å². The molecule has 0 aromatic heterocycles. The number of carboxylic acid groups (broad SMARTS) is 1. The number of nitrogens with one attached hydrogen (secondary N) is 3. The van der Waals surface area contributed by atoms with Crippen molar-refractivity contribution in [3.05, 3.63) is 84.9 Å². The molecule has 234 valence electrons. The van der Waals surface area contributed by atoms with Gasteiger partial charge in [-0.2, -0.15) is 0 Å². The lowest BCUT2D eigenvalue weighted by atomic mass is 10.0. The predicted molar refractivity (Wildman–Crippen MR) is 172 cm³/mol. The van der Waals surface area contributed by atoms with E-state index in [0.717, 1.165) is 10.8 Å². The topological polar surface area (TPSA) is 168 Å².